The molecule has 0 saturated heterocycles. The van der Waals surface area contributed by atoms with Crippen molar-refractivity contribution < 1.29 is 14.7 Å². The maximum atomic E-state index is 9.93. The fourth-order valence-electron chi connectivity index (χ4n) is 1.32. The van der Waals surface area contributed by atoms with Gasteiger partial charge in [0.05, 0.1) is 6.61 Å². The van der Waals surface area contributed by atoms with Crippen LogP contribution in [0.4, 0.5) is 0 Å². The summed E-state index contributed by atoms with van der Waals surface area (Å²) in [7, 11) is 0. The van der Waals surface area contributed by atoms with Crippen LogP contribution in [0, 0.1) is 5.92 Å². The van der Waals surface area contributed by atoms with Crippen molar-refractivity contribution in [3.8, 4) is 0 Å². The van der Waals surface area contributed by atoms with Gasteiger partial charge in [-0.25, -0.2) is 5.48 Å². The fraction of sp³-hybridized carbons (Fsp3) is 0.364. The molecule has 0 aliphatic heterocycles. The number of benzene rings is 1. The molecule has 0 fully saturated rings. The van der Waals surface area contributed by atoms with E-state index in [0.717, 1.165) is 12.0 Å². The minimum absolute atomic E-state index is 0.000139. The van der Waals surface area contributed by atoms with Crippen molar-refractivity contribution in [2.75, 3.05) is 13.2 Å². The third kappa shape index (κ3) is 4.58. The first kappa shape index (κ1) is 11.7. The van der Waals surface area contributed by atoms with E-state index in [-0.39, 0.29) is 12.5 Å². The molecule has 4 heteroatoms. The third-order valence-corrected chi connectivity index (χ3v) is 2.08. The van der Waals surface area contributed by atoms with E-state index in [0.29, 0.717) is 13.0 Å². The zero-order valence-electron chi connectivity index (χ0n) is 8.43. The van der Waals surface area contributed by atoms with Crippen molar-refractivity contribution in [1.29, 1.82) is 0 Å². The van der Waals surface area contributed by atoms with Crippen LogP contribution >= 0.6 is 0 Å². The average Bonchev–Trinajstić information content (AvgIpc) is 2.29. The lowest BCUT2D eigenvalue weighted by molar-refractivity contribution is -0.122. The summed E-state index contributed by atoms with van der Waals surface area (Å²) < 4.78 is 0. The largest absolute Gasteiger partial charge is 0.396 e. The van der Waals surface area contributed by atoms with Crippen LogP contribution in [0.2, 0.25) is 0 Å². The molecule has 0 saturated carbocycles. The van der Waals surface area contributed by atoms with Crippen molar-refractivity contribution in [3.63, 3.8) is 0 Å². The van der Waals surface area contributed by atoms with E-state index in [1.165, 1.54) is 0 Å². The smallest absolute Gasteiger partial charge is 0.230 e. The first-order valence-corrected chi connectivity index (χ1v) is 4.82. The molecule has 1 atom stereocenters. The molecule has 1 aromatic carbocycles. The van der Waals surface area contributed by atoms with E-state index in [9.17, 15) is 4.79 Å². The molecule has 4 nitrogen and oxygen atoms in total. The number of rotatable bonds is 7. The zero-order valence-corrected chi connectivity index (χ0v) is 8.43. The number of amides is 1. The van der Waals surface area contributed by atoms with E-state index < -0.39 is 0 Å². The Balaban J connectivity index is 2.36. The Hall–Kier alpha value is -1.39. The van der Waals surface area contributed by atoms with Gasteiger partial charge in [0.25, 0.3) is 0 Å². The molecule has 0 aliphatic carbocycles. The number of hydrogen-bond acceptors (Lipinski definition) is 3. The molecule has 0 aliphatic rings. The lowest BCUT2D eigenvalue weighted by atomic mass is 10.0. The van der Waals surface area contributed by atoms with Crippen LogP contribution in [0.3, 0.4) is 0 Å². The Bertz CT molecular complexity index is 276. The van der Waals surface area contributed by atoms with E-state index >= 15 is 0 Å². The van der Waals surface area contributed by atoms with Crippen LogP contribution < -0.4 is 5.48 Å². The van der Waals surface area contributed by atoms with Crippen molar-refractivity contribution >= 4 is 6.41 Å². The van der Waals surface area contributed by atoms with E-state index in [2.05, 4.69) is 5.48 Å². The first-order chi connectivity index (χ1) is 7.36. The molecule has 0 heterocycles. The van der Waals surface area contributed by atoms with Crippen molar-refractivity contribution in [2.45, 2.75) is 6.42 Å². The quantitative estimate of drug-likeness (QED) is 0.391. The molecule has 1 rings (SSSR count). The minimum atomic E-state index is -0.000139. The number of carbonyl (C=O) groups excluding carboxylic acids is 1. The third-order valence-electron chi connectivity index (χ3n) is 2.08. The van der Waals surface area contributed by atoms with Gasteiger partial charge < -0.3 is 5.11 Å². The highest BCUT2D eigenvalue weighted by molar-refractivity contribution is 5.43. The molecule has 0 radical (unpaired) electrons. The Morgan fingerprint density at radius 3 is 2.73 bits per heavy atom. The van der Waals surface area contributed by atoms with Crippen LogP contribution in [0.25, 0.3) is 0 Å². The summed E-state index contributed by atoms with van der Waals surface area (Å²) in [5.74, 6) is -0.000139. The highest BCUT2D eigenvalue weighted by Crippen LogP contribution is 2.08. The first-order valence-electron chi connectivity index (χ1n) is 4.82. The summed E-state index contributed by atoms with van der Waals surface area (Å²) in [6, 6.07) is 9.84. The topological polar surface area (TPSA) is 58.6 Å². The Morgan fingerprint density at radius 1 is 1.40 bits per heavy atom. The van der Waals surface area contributed by atoms with Gasteiger partial charge in [-0.3, -0.25) is 9.63 Å². The van der Waals surface area contributed by atoms with Crippen molar-refractivity contribution in [1.82, 2.24) is 5.48 Å². The van der Waals surface area contributed by atoms with Gasteiger partial charge in [-0.2, -0.15) is 0 Å². The van der Waals surface area contributed by atoms with Gasteiger partial charge in [-0.15, -0.1) is 0 Å². The second kappa shape index (κ2) is 6.98. The van der Waals surface area contributed by atoms with Crippen molar-refractivity contribution in [3.05, 3.63) is 35.9 Å². The van der Waals surface area contributed by atoms with E-state index in [4.69, 9.17) is 9.94 Å². The summed E-state index contributed by atoms with van der Waals surface area (Å²) in [4.78, 5) is 14.8. The van der Waals surface area contributed by atoms with E-state index in [1.54, 1.807) is 0 Å². The van der Waals surface area contributed by atoms with Crippen LogP contribution in [0.5, 0.6) is 0 Å². The Morgan fingerprint density at radius 2 is 2.13 bits per heavy atom. The van der Waals surface area contributed by atoms with Gasteiger partial charge in [-0.1, -0.05) is 30.3 Å². The summed E-state index contributed by atoms with van der Waals surface area (Å²) >= 11 is 0. The normalized spacial score (nSPS) is 12.1. The molecule has 0 unspecified atom stereocenters. The number of hydrogen-bond donors (Lipinski definition) is 2. The molecule has 15 heavy (non-hydrogen) atoms. The molecule has 82 valence electrons. The predicted octanol–water partition coefficient (Wildman–Crippen LogP) is 0.515. The molecular formula is C11H15NO3. The summed E-state index contributed by atoms with van der Waals surface area (Å²) in [5, 5.41) is 9.09. The highest BCUT2D eigenvalue weighted by atomic mass is 16.6. The maximum Gasteiger partial charge on any atom is 0.230 e. The monoisotopic (exact) mass is 209 g/mol. The van der Waals surface area contributed by atoms with Gasteiger partial charge in [0.15, 0.2) is 0 Å². The number of hydroxylamine groups is 1. The summed E-state index contributed by atoms with van der Waals surface area (Å²) in [5.41, 5.74) is 3.25. The molecule has 0 spiro atoms. The SMILES string of the molecule is O=CNOC[C@H](CO)Cc1ccccc1. The van der Waals surface area contributed by atoms with Crippen LogP contribution in [0.15, 0.2) is 30.3 Å². The summed E-state index contributed by atoms with van der Waals surface area (Å²) in [6.45, 7) is 0.347. The number of carbonyl (C=O) groups is 1. The van der Waals surface area contributed by atoms with E-state index in [1.807, 2.05) is 30.3 Å². The molecule has 0 bridgehead atoms. The Kier molecular flexibility index (Phi) is 5.43. The van der Waals surface area contributed by atoms with Gasteiger partial charge in [0.2, 0.25) is 6.41 Å². The highest BCUT2D eigenvalue weighted by Gasteiger charge is 2.08. The van der Waals surface area contributed by atoms with Gasteiger partial charge >= 0.3 is 0 Å². The minimum Gasteiger partial charge on any atom is -0.396 e. The standard InChI is InChI=1S/C11H15NO3/c13-7-11(8-15-12-9-14)6-10-4-2-1-3-5-10/h1-5,9,11,13H,6-8H2,(H,12,14)/t11-/m0/s1. The van der Waals surface area contributed by atoms with Gasteiger partial charge in [0, 0.05) is 12.5 Å². The molecule has 1 aromatic rings. The molecule has 1 amide bonds. The molecular weight excluding hydrogens is 194 g/mol. The van der Waals surface area contributed by atoms with Gasteiger partial charge in [0.1, 0.15) is 0 Å². The van der Waals surface area contributed by atoms with Crippen molar-refractivity contribution in [2.24, 2.45) is 5.92 Å². The zero-order chi connectivity index (χ0) is 10.9. The Labute approximate surface area is 88.8 Å². The average molecular weight is 209 g/mol. The van der Waals surface area contributed by atoms with Gasteiger partial charge in [-0.05, 0) is 12.0 Å². The van der Waals surface area contributed by atoms with Crippen LogP contribution in [-0.4, -0.2) is 24.7 Å². The van der Waals surface area contributed by atoms with Crippen LogP contribution in [-0.2, 0) is 16.1 Å². The number of aliphatic hydroxyl groups excluding tert-OH is 1. The number of aliphatic hydroxyl groups is 1. The lowest BCUT2D eigenvalue weighted by Crippen LogP contribution is -2.22. The maximum absolute atomic E-state index is 9.93. The van der Waals surface area contributed by atoms with Crippen LogP contribution in [0.1, 0.15) is 5.56 Å². The lowest BCUT2D eigenvalue weighted by Gasteiger charge is -2.13. The molecule has 2 N–H and O–H groups in total. The predicted molar refractivity (Wildman–Crippen MR) is 55.9 cm³/mol. The number of nitrogens with one attached hydrogen (secondary N) is 1. The second-order valence-corrected chi connectivity index (χ2v) is 3.29. The fourth-order valence-corrected chi connectivity index (χ4v) is 1.32. The molecule has 0 aromatic heterocycles. The summed E-state index contributed by atoms with van der Waals surface area (Å²) in [6.07, 6.45) is 1.20. The second-order valence-electron chi connectivity index (χ2n) is 3.29.